The second-order valence-corrected chi connectivity index (χ2v) is 6.67. The van der Waals surface area contributed by atoms with Crippen molar-refractivity contribution in [2.75, 3.05) is 26.2 Å². The van der Waals surface area contributed by atoms with Crippen LogP contribution in [-0.4, -0.2) is 42.0 Å². The zero-order valence-electron chi connectivity index (χ0n) is 13.1. The van der Waals surface area contributed by atoms with Gasteiger partial charge < -0.3 is 5.32 Å². The summed E-state index contributed by atoms with van der Waals surface area (Å²) in [7, 11) is 0. The molecule has 0 aromatic carbocycles. The normalized spacial score (nSPS) is 17.2. The Morgan fingerprint density at radius 1 is 1.29 bits per heavy atom. The van der Waals surface area contributed by atoms with Crippen LogP contribution in [0.15, 0.2) is 5.38 Å². The molecule has 0 spiro atoms. The summed E-state index contributed by atoms with van der Waals surface area (Å²) in [6.07, 6.45) is 8.25. The Hall–Kier alpha value is -0.940. The topological polar surface area (TPSA) is 45.2 Å². The number of carbonyl (C=O) groups is 1. The molecule has 2 rings (SSSR count). The standard InChI is InChI=1S/C16H27N3OS/c1-2-14-13-21-16(18-14)8-9-17-15(20)12-19-10-6-4-3-5-7-11-19/h13H,2-12H2,1H3,(H,17,20). The lowest BCUT2D eigenvalue weighted by Crippen LogP contribution is -2.39. The highest BCUT2D eigenvalue weighted by Gasteiger charge is 2.12. The Labute approximate surface area is 132 Å². The van der Waals surface area contributed by atoms with Gasteiger partial charge in [0.2, 0.25) is 5.91 Å². The fourth-order valence-corrected chi connectivity index (χ4v) is 3.55. The Bertz CT molecular complexity index is 425. The number of thiazole rings is 1. The molecule has 0 aliphatic carbocycles. The number of aryl methyl sites for hydroxylation is 1. The lowest BCUT2D eigenvalue weighted by atomic mass is 10.1. The van der Waals surface area contributed by atoms with Crippen LogP contribution in [0.2, 0.25) is 0 Å². The molecule has 1 aliphatic rings. The first-order valence-corrected chi connectivity index (χ1v) is 9.08. The average molecular weight is 309 g/mol. The predicted molar refractivity (Wildman–Crippen MR) is 87.7 cm³/mol. The minimum absolute atomic E-state index is 0.155. The molecule has 1 N–H and O–H groups in total. The Morgan fingerprint density at radius 3 is 2.67 bits per heavy atom. The molecule has 5 heteroatoms. The molecule has 0 unspecified atom stereocenters. The van der Waals surface area contributed by atoms with Crippen LogP contribution in [0.4, 0.5) is 0 Å². The second kappa shape index (κ2) is 9.15. The van der Waals surface area contributed by atoms with Crippen LogP contribution in [0.3, 0.4) is 0 Å². The fourth-order valence-electron chi connectivity index (χ4n) is 2.67. The summed E-state index contributed by atoms with van der Waals surface area (Å²) in [5.74, 6) is 0.155. The van der Waals surface area contributed by atoms with Gasteiger partial charge in [0.15, 0.2) is 0 Å². The molecule has 118 valence electrons. The van der Waals surface area contributed by atoms with Gasteiger partial charge in [0.1, 0.15) is 0 Å². The number of aromatic nitrogens is 1. The van der Waals surface area contributed by atoms with Crippen molar-refractivity contribution in [1.82, 2.24) is 15.2 Å². The Kier molecular flexibility index (Phi) is 7.16. The molecular weight excluding hydrogens is 282 g/mol. The number of rotatable bonds is 6. The molecule has 0 radical (unpaired) electrons. The number of amides is 1. The molecule has 1 amide bonds. The van der Waals surface area contributed by atoms with Crippen molar-refractivity contribution < 1.29 is 4.79 Å². The van der Waals surface area contributed by atoms with Crippen LogP contribution in [0, 0.1) is 0 Å². The van der Waals surface area contributed by atoms with Gasteiger partial charge >= 0.3 is 0 Å². The van der Waals surface area contributed by atoms with Gasteiger partial charge in [0.25, 0.3) is 0 Å². The fraction of sp³-hybridized carbons (Fsp3) is 0.750. The van der Waals surface area contributed by atoms with Gasteiger partial charge in [-0.15, -0.1) is 11.3 Å². The highest BCUT2D eigenvalue weighted by molar-refractivity contribution is 7.09. The van der Waals surface area contributed by atoms with Gasteiger partial charge in [0, 0.05) is 18.3 Å². The third-order valence-electron chi connectivity index (χ3n) is 3.94. The number of hydrogen-bond acceptors (Lipinski definition) is 4. The lowest BCUT2D eigenvalue weighted by molar-refractivity contribution is -0.122. The van der Waals surface area contributed by atoms with Gasteiger partial charge in [-0.05, 0) is 32.4 Å². The molecule has 1 aromatic rings. The minimum atomic E-state index is 0.155. The maximum absolute atomic E-state index is 12.0. The van der Waals surface area contributed by atoms with Crippen LogP contribution in [0.25, 0.3) is 0 Å². The molecule has 1 saturated heterocycles. The van der Waals surface area contributed by atoms with Crippen LogP contribution < -0.4 is 5.32 Å². The van der Waals surface area contributed by atoms with E-state index in [1.54, 1.807) is 11.3 Å². The van der Waals surface area contributed by atoms with Gasteiger partial charge in [0.05, 0.1) is 17.2 Å². The van der Waals surface area contributed by atoms with Crippen molar-refractivity contribution in [3.05, 3.63) is 16.1 Å². The Balaban J connectivity index is 1.64. The summed E-state index contributed by atoms with van der Waals surface area (Å²) in [6, 6.07) is 0. The summed E-state index contributed by atoms with van der Waals surface area (Å²) >= 11 is 1.69. The molecule has 0 atom stereocenters. The van der Waals surface area contributed by atoms with E-state index in [9.17, 15) is 4.79 Å². The summed E-state index contributed by atoms with van der Waals surface area (Å²) in [5, 5.41) is 6.26. The van der Waals surface area contributed by atoms with E-state index in [1.807, 2.05) is 0 Å². The lowest BCUT2D eigenvalue weighted by Gasteiger charge is -2.23. The quantitative estimate of drug-likeness (QED) is 0.878. The van der Waals surface area contributed by atoms with E-state index in [0.29, 0.717) is 13.1 Å². The molecule has 1 aliphatic heterocycles. The van der Waals surface area contributed by atoms with Crippen LogP contribution in [-0.2, 0) is 17.6 Å². The predicted octanol–water partition coefficient (Wildman–Crippen LogP) is 2.63. The van der Waals surface area contributed by atoms with Gasteiger partial charge in [-0.1, -0.05) is 26.2 Å². The SMILES string of the molecule is CCc1csc(CCNC(=O)CN2CCCCCCC2)n1. The Morgan fingerprint density at radius 2 is 2.00 bits per heavy atom. The smallest absolute Gasteiger partial charge is 0.234 e. The number of likely N-dealkylation sites (tertiary alicyclic amines) is 1. The van der Waals surface area contributed by atoms with Crippen LogP contribution in [0.1, 0.15) is 49.7 Å². The van der Waals surface area contributed by atoms with Crippen molar-refractivity contribution in [1.29, 1.82) is 0 Å². The van der Waals surface area contributed by atoms with Crippen molar-refractivity contribution in [3.8, 4) is 0 Å². The highest BCUT2D eigenvalue weighted by Crippen LogP contribution is 2.11. The minimum Gasteiger partial charge on any atom is -0.355 e. The number of carbonyl (C=O) groups excluding carboxylic acids is 1. The van der Waals surface area contributed by atoms with Gasteiger partial charge in [-0.2, -0.15) is 0 Å². The summed E-state index contributed by atoms with van der Waals surface area (Å²) < 4.78 is 0. The number of hydrogen-bond donors (Lipinski definition) is 1. The van der Waals surface area contributed by atoms with E-state index < -0.39 is 0 Å². The summed E-state index contributed by atoms with van der Waals surface area (Å²) in [5.41, 5.74) is 1.15. The van der Waals surface area contributed by atoms with Crippen molar-refractivity contribution in [3.63, 3.8) is 0 Å². The average Bonchev–Trinajstić information content (AvgIpc) is 2.90. The zero-order valence-corrected chi connectivity index (χ0v) is 13.9. The molecule has 1 fully saturated rings. The third kappa shape index (κ3) is 6.14. The first kappa shape index (κ1) is 16.4. The van der Waals surface area contributed by atoms with E-state index in [4.69, 9.17) is 0 Å². The highest BCUT2D eigenvalue weighted by atomic mass is 32.1. The van der Waals surface area contributed by atoms with Gasteiger partial charge in [-0.25, -0.2) is 4.98 Å². The van der Waals surface area contributed by atoms with E-state index in [2.05, 4.69) is 27.5 Å². The van der Waals surface area contributed by atoms with Gasteiger partial charge in [-0.3, -0.25) is 9.69 Å². The van der Waals surface area contributed by atoms with E-state index in [1.165, 1.54) is 32.1 Å². The van der Waals surface area contributed by atoms with Crippen molar-refractivity contribution >= 4 is 17.2 Å². The van der Waals surface area contributed by atoms with E-state index in [-0.39, 0.29) is 5.91 Å². The molecule has 21 heavy (non-hydrogen) atoms. The summed E-state index contributed by atoms with van der Waals surface area (Å²) in [4.78, 5) is 18.8. The van der Waals surface area contributed by atoms with Crippen LogP contribution in [0.5, 0.6) is 0 Å². The van der Waals surface area contributed by atoms with Crippen molar-refractivity contribution in [2.45, 2.75) is 51.9 Å². The molecule has 0 bridgehead atoms. The number of nitrogens with zero attached hydrogens (tertiary/aromatic N) is 2. The van der Waals surface area contributed by atoms with Crippen molar-refractivity contribution in [2.24, 2.45) is 0 Å². The number of nitrogens with one attached hydrogen (secondary N) is 1. The molecule has 0 saturated carbocycles. The van der Waals surface area contributed by atoms with Crippen LogP contribution >= 0.6 is 11.3 Å². The largest absolute Gasteiger partial charge is 0.355 e. The molecular formula is C16H27N3OS. The monoisotopic (exact) mass is 309 g/mol. The maximum atomic E-state index is 12.0. The first-order valence-electron chi connectivity index (χ1n) is 8.20. The molecule has 4 nitrogen and oxygen atoms in total. The zero-order chi connectivity index (χ0) is 14.9. The third-order valence-corrected chi connectivity index (χ3v) is 4.90. The first-order chi connectivity index (χ1) is 10.3. The molecule has 2 heterocycles. The summed E-state index contributed by atoms with van der Waals surface area (Å²) in [6.45, 7) is 5.50. The second-order valence-electron chi connectivity index (χ2n) is 5.73. The maximum Gasteiger partial charge on any atom is 0.234 e. The van der Waals surface area contributed by atoms with E-state index >= 15 is 0 Å². The van der Waals surface area contributed by atoms with E-state index in [0.717, 1.165) is 36.6 Å². The molecule has 1 aromatic heterocycles.